The number of alkyl halides is 3. The summed E-state index contributed by atoms with van der Waals surface area (Å²) in [6.07, 6.45) is 1.81. The Bertz CT molecular complexity index is 558. The highest BCUT2D eigenvalue weighted by Crippen LogP contribution is 2.36. The number of carbonyl (C=O) groups is 1. The molecule has 0 spiro atoms. The largest absolute Gasteiger partial charge is 0.480 e. The van der Waals surface area contributed by atoms with Gasteiger partial charge in [0.05, 0.1) is 6.54 Å². The summed E-state index contributed by atoms with van der Waals surface area (Å²) in [4.78, 5) is 15.4. The molecule has 0 saturated carbocycles. The molecule has 0 aliphatic carbocycles. The molecule has 1 aliphatic heterocycles. The van der Waals surface area contributed by atoms with Crippen LogP contribution in [0.25, 0.3) is 0 Å². The molecule has 1 aliphatic rings. The number of likely N-dealkylation sites (N-methyl/N-ethyl adjacent to an activating group) is 1. The lowest BCUT2D eigenvalue weighted by Crippen LogP contribution is -2.46. The summed E-state index contributed by atoms with van der Waals surface area (Å²) in [5.74, 6) is -0.805. The van der Waals surface area contributed by atoms with E-state index in [4.69, 9.17) is 5.11 Å². The van der Waals surface area contributed by atoms with E-state index in [1.165, 1.54) is 12.1 Å². The van der Waals surface area contributed by atoms with Crippen LogP contribution < -0.4 is 0 Å². The van der Waals surface area contributed by atoms with Crippen molar-refractivity contribution in [1.82, 2.24) is 9.80 Å². The Kier molecular flexibility index (Phi) is 7.15. The summed E-state index contributed by atoms with van der Waals surface area (Å²) in [5, 5.41) is 8.96. The molecule has 1 saturated heterocycles. The SMILES string of the molecule is CCN(CC(=O)O)C1CCN(Cc2ccc(SC(F)(F)F)cc2)CC1. The molecule has 8 heteroatoms. The third-order valence-corrected chi connectivity index (χ3v) is 5.12. The van der Waals surface area contributed by atoms with Gasteiger partial charge >= 0.3 is 11.5 Å². The van der Waals surface area contributed by atoms with Gasteiger partial charge in [0.1, 0.15) is 0 Å². The van der Waals surface area contributed by atoms with Crippen LogP contribution in [0.4, 0.5) is 13.2 Å². The molecule has 25 heavy (non-hydrogen) atoms. The highest BCUT2D eigenvalue weighted by molar-refractivity contribution is 8.00. The van der Waals surface area contributed by atoms with E-state index >= 15 is 0 Å². The van der Waals surface area contributed by atoms with Crippen molar-refractivity contribution in [3.8, 4) is 0 Å². The monoisotopic (exact) mass is 376 g/mol. The zero-order valence-electron chi connectivity index (χ0n) is 14.1. The van der Waals surface area contributed by atoms with E-state index in [1.807, 2.05) is 11.8 Å². The normalized spacial score (nSPS) is 17.2. The molecule has 1 aromatic rings. The molecule has 1 heterocycles. The second-order valence-corrected chi connectivity index (χ2v) is 7.29. The minimum atomic E-state index is -4.26. The van der Waals surface area contributed by atoms with Crippen molar-refractivity contribution in [3.63, 3.8) is 0 Å². The molecule has 0 radical (unpaired) electrons. The number of aliphatic carboxylic acids is 1. The van der Waals surface area contributed by atoms with Gasteiger partial charge in [-0.1, -0.05) is 19.1 Å². The Balaban J connectivity index is 1.82. The van der Waals surface area contributed by atoms with E-state index < -0.39 is 11.5 Å². The van der Waals surface area contributed by atoms with Crippen molar-refractivity contribution in [3.05, 3.63) is 29.8 Å². The number of halogens is 3. The van der Waals surface area contributed by atoms with E-state index in [9.17, 15) is 18.0 Å². The number of hydrogen-bond acceptors (Lipinski definition) is 4. The average Bonchev–Trinajstić information content (AvgIpc) is 2.54. The minimum Gasteiger partial charge on any atom is -0.480 e. The molecule has 2 rings (SSSR count). The van der Waals surface area contributed by atoms with E-state index in [0.717, 1.165) is 38.0 Å². The summed E-state index contributed by atoms with van der Waals surface area (Å²) in [6.45, 7) is 5.18. The van der Waals surface area contributed by atoms with Crippen molar-refractivity contribution in [2.75, 3.05) is 26.2 Å². The third kappa shape index (κ3) is 6.87. The molecule has 0 amide bonds. The molecule has 0 atom stereocenters. The lowest BCUT2D eigenvalue weighted by molar-refractivity contribution is -0.139. The number of piperidine rings is 1. The summed E-state index contributed by atoms with van der Waals surface area (Å²) in [7, 11) is 0. The van der Waals surface area contributed by atoms with Crippen LogP contribution in [0.1, 0.15) is 25.3 Å². The van der Waals surface area contributed by atoms with Gasteiger partial charge in [0.25, 0.3) is 0 Å². The van der Waals surface area contributed by atoms with Gasteiger partial charge in [-0.2, -0.15) is 13.2 Å². The molecule has 1 N–H and O–H groups in total. The molecule has 4 nitrogen and oxygen atoms in total. The number of nitrogens with zero attached hydrogens (tertiary/aromatic N) is 2. The van der Waals surface area contributed by atoms with Gasteiger partial charge in [0.2, 0.25) is 0 Å². The standard InChI is InChI=1S/C17H23F3N2O2S/c1-2-22(12-16(23)24)14-7-9-21(10-8-14)11-13-3-5-15(6-4-13)25-17(18,19)20/h3-6,14H,2,7-12H2,1H3,(H,23,24). The van der Waals surface area contributed by atoms with Gasteiger partial charge in [-0.3, -0.25) is 14.6 Å². The second kappa shape index (κ2) is 8.91. The van der Waals surface area contributed by atoms with E-state index in [0.29, 0.717) is 6.54 Å². The Morgan fingerprint density at radius 2 is 1.88 bits per heavy atom. The molecule has 1 fully saturated rings. The van der Waals surface area contributed by atoms with Crippen LogP contribution in [0.3, 0.4) is 0 Å². The van der Waals surface area contributed by atoms with Crippen molar-refractivity contribution in [2.45, 2.75) is 42.8 Å². The van der Waals surface area contributed by atoms with E-state index in [1.54, 1.807) is 12.1 Å². The van der Waals surface area contributed by atoms with Gasteiger partial charge < -0.3 is 5.11 Å². The fraction of sp³-hybridized carbons (Fsp3) is 0.588. The van der Waals surface area contributed by atoms with Crippen LogP contribution in [0.5, 0.6) is 0 Å². The zero-order chi connectivity index (χ0) is 18.4. The summed E-state index contributed by atoms with van der Waals surface area (Å²) >= 11 is -0.101. The number of carboxylic acids is 1. The van der Waals surface area contributed by atoms with Gasteiger partial charge in [0, 0.05) is 17.5 Å². The predicted octanol–water partition coefficient (Wildman–Crippen LogP) is 3.67. The van der Waals surface area contributed by atoms with Gasteiger partial charge in [-0.05, 0) is 61.9 Å². The topological polar surface area (TPSA) is 43.8 Å². The maximum absolute atomic E-state index is 12.3. The van der Waals surface area contributed by atoms with Crippen molar-refractivity contribution in [2.24, 2.45) is 0 Å². The van der Waals surface area contributed by atoms with Crippen molar-refractivity contribution < 1.29 is 23.1 Å². The number of hydrogen-bond donors (Lipinski definition) is 1. The molecule has 0 aromatic heterocycles. The third-order valence-electron chi connectivity index (χ3n) is 4.38. The first-order chi connectivity index (χ1) is 11.8. The van der Waals surface area contributed by atoms with Gasteiger partial charge in [0.15, 0.2) is 0 Å². The van der Waals surface area contributed by atoms with Crippen LogP contribution in [0, 0.1) is 0 Å². The van der Waals surface area contributed by atoms with Crippen molar-refractivity contribution >= 4 is 17.7 Å². The van der Waals surface area contributed by atoms with Gasteiger partial charge in [-0.15, -0.1) is 0 Å². The van der Waals surface area contributed by atoms with Crippen LogP contribution >= 0.6 is 11.8 Å². The van der Waals surface area contributed by atoms with E-state index in [-0.39, 0.29) is 29.2 Å². The first-order valence-electron chi connectivity index (χ1n) is 8.29. The van der Waals surface area contributed by atoms with Gasteiger partial charge in [-0.25, -0.2) is 0 Å². The molecular weight excluding hydrogens is 353 g/mol. The number of rotatable bonds is 7. The Hall–Kier alpha value is -1.25. The Morgan fingerprint density at radius 3 is 2.36 bits per heavy atom. The number of likely N-dealkylation sites (tertiary alicyclic amines) is 1. The first-order valence-corrected chi connectivity index (χ1v) is 9.11. The number of thioether (sulfide) groups is 1. The van der Waals surface area contributed by atoms with Crippen LogP contribution in [-0.2, 0) is 11.3 Å². The summed E-state index contributed by atoms with van der Waals surface area (Å²) < 4.78 is 37.0. The molecule has 1 aromatic carbocycles. The summed E-state index contributed by atoms with van der Waals surface area (Å²) in [6, 6.07) is 6.77. The smallest absolute Gasteiger partial charge is 0.446 e. The molecule has 0 bridgehead atoms. The quantitative estimate of drug-likeness (QED) is 0.736. The summed E-state index contributed by atoms with van der Waals surface area (Å²) in [5.41, 5.74) is -3.27. The maximum Gasteiger partial charge on any atom is 0.446 e. The highest BCUT2D eigenvalue weighted by Gasteiger charge is 2.29. The Labute approximate surface area is 150 Å². The molecule has 140 valence electrons. The highest BCUT2D eigenvalue weighted by atomic mass is 32.2. The first kappa shape index (κ1) is 20.1. The fourth-order valence-corrected chi connectivity index (χ4v) is 3.71. The minimum absolute atomic E-state index is 0.0689. The lowest BCUT2D eigenvalue weighted by atomic mass is 10.0. The average molecular weight is 376 g/mol. The van der Waals surface area contributed by atoms with Crippen LogP contribution in [0.15, 0.2) is 29.2 Å². The number of carboxylic acid groups (broad SMARTS) is 1. The second-order valence-electron chi connectivity index (χ2n) is 6.16. The lowest BCUT2D eigenvalue weighted by Gasteiger charge is -2.37. The van der Waals surface area contributed by atoms with E-state index in [2.05, 4.69) is 4.90 Å². The van der Waals surface area contributed by atoms with Crippen LogP contribution in [0.2, 0.25) is 0 Å². The fourth-order valence-electron chi connectivity index (χ4n) is 3.17. The maximum atomic E-state index is 12.3. The van der Waals surface area contributed by atoms with Crippen LogP contribution in [-0.4, -0.2) is 58.6 Å². The zero-order valence-corrected chi connectivity index (χ0v) is 14.9. The molecular formula is C17H23F3N2O2S. The van der Waals surface area contributed by atoms with Crippen molar-refractivity contribution in [1.29, 1.82) is 0 Å². The molecule has 0 unspecified atom stereocenters. The predicted molar refractivity (Wildman–Crippen MR) is 91.5 cm³/mol. The Morgan fingerprint density at radius 1 is 1.28 bits per heavy atom. The number of benzene rings is 1.